The molecule has 2 fully saturated rings. The maximum absolute atomic E-state index is 12.9. The minimum absolute atomic E-state index is 0.0450. The molecule has 0 aromatic carbocycles. The van der Waals surface area contributed by atoms with E-state index < -0.39 is 21.5 Å². The van der Waals surface area contributed by atoms with Gasteiger partial charge in [-0.1, -0.05) is 6.92 Å². The van der Waals surface area contributed by atoms with Crippen LogP contribution in [0.25, 0.3) is 0 Å². The number of sulfonamides is 1. The van der Waals surface area contributed by atoms with Crippen LogP contribution in [0.5, 0.6) is 0 Å². The van der Waals surface area contributed by atoms with Crippen LogP contribution >= 0.6 is 0 Å². The van der Waals surface area contributed by atoms with Gasteiger partial charge in [-0.2, -0.15) is 4.31 Å². The number of carbonyl (C=O) groups is 2. The minimum atomic E-state index is -3.86. The average Bonchev–Trinajstić information content (AvgIpc) is 3.31. The summed E-state index contributed by atoms with van der Waals surface area (Å²) in [5.74, 6) is -0.978. The number of nitrogens with one attached hydrogen (secondary N) is 1. The molecule has 9 nitrogen and oxygen atoms in total. The van der Waals surface area contributed by atoms with E-state index in [2.05, 4.69) is 5.32 Å². The third kappa shape index (κ3) is 3.24. The Labute approximate surface area is 152 Å². The Kier molecular flexibility index (Phi) is 5.09. The van der Waals surface area contributed by atoms with Crippen molar-refractivity contribution in [2.24, 2.45) is 5.73 Å². The molecule has 3 rings (SSSR count). The van der Waals surface area contributed by atoms with E-state index in [0.29, 0.717) is 19.5 Å². The van der Waals surface area contributed by atoms with Gasteiger partial charge in [-0.05, 0) is 37.9 Å². The third-order valence-electron chi connectivity index (χ3n) is 5.20. The lowest BCUT2D eigenvalue weighted by molar-refractivity contribution is -0.139. The second kappa shape index (κ2) is 7.01. The van der Waals surface area contributed by atoms with E-state index in [1.54, 1.807) is 4.90 Å². The molecule has 1 aromatic rings. The molecule has 3 N–H and O–H groups in total. The minimum Gasteiger partial charge on any atom is -0.438 e. The summed E-state index contributed by atoms with van der Waals surface area (Å²) in [5.41, 5.74) is 4.58. The number of nitrogens with two attached hydrogens (primary N) is 1. The second-order valence-electron chi connectivity index (χ2n) is 6.65. The van der Waals surface area contributed by atoms with E-state index in [4.69, 9.17) is 10.2 Å². The largest absolute Gasteiger partial charge is 0.438 e. The summed E-state index contributed by atoms with van der Waals surface area (Å²) < 4.78 is 31.6. The van der Waals surface area contributed by atoms with E-state index in [0.717, 1.165) is 19.4 Å². The van der Waals surface area contributed by atoms with E-state index in [-0.39, 0.29) is 29.8 Å². The predicted molar refractivity (Wildman–Crippen MR) is 92.8 cm³/mol. The van der Waals surface area contributed by atoms with Gasteiger partial charge in [0.1, 0.15) is 0 Å². The van der Waals surface area contributed by atoms with Gasteiger partial charge in [0.05, 0.1) is 5.54 Å². The quantitative estimate of drug-likeness (QED) is 0.721. The molecule has 2 aliphatic heterocycles. The predicted octanol–water partition coefficient (Wildman–Crippen LogP) is -0.256. The Morgan fingerprint density at radius 1 is 1.27 bits per heavy atom. The van der Waals surface area contributed by atoms with Crippen LogP contribution < -0.4 is 11.1 Å². The number of nitrogens with zero attached hydrogens (tertiary/aromatic N) is 2. The van der Waals surface area contributed by atoms with Crippen molar-refractivity contribution < 1.29 is 22.4 Å². The number of hydrogen-bond acceptors (Lipinski definition) is 6. The highest BCUT2D eigenvalue weighted by Gasteiger charge is 2.43. The van der Waals surface area contributed by atoms with Crippen LogP contribution in [0, 0.1) is 0 Å². The molecule has 3 heterocycles. The highest BCUT2D eigenvalue weighted by Crippen LogP contribution is 2.27. The van der Waals surface area contributed by atoms with Crippen LogP contribution in [0.3, 0.4) is 0 Å². The highest BCUT2D eigenvalue weighted by molar-refractivity contribution is 7.89. The van der Waals surface area contributed by atoms with Crippen LogP contribution in [-0.2, 0) is 14.8 Å². The highest BCUT2D eigenvalue weighted by atomic mass is 32.2. The van der Waals surface area contributed by atoms with Gasteiger partial charge in [-0.25, -0.2) is 8.42 Å². The molecular formula is C16H24N4O5S. The summed E-state index contributed by atoms with van der Waals surface area (Å²) in [6.07, 6.45) is 2.49. The first-order chi connectivity index (χ1) is 12.3. The number of carbonyl (C=O) groups excluding carboxylic acids is 2. The van der Waals surface area contributed by atoms with Crippen LogP contribution in [0.4, 0.5) is 0 Å². The van der Waals surface area contributed by atoms with Gasteiger partial charge in [0.15, 0.2) is 5.76 Å². The Morgan fingerprint density at radius 2 is 1.96 bits per heavy atom. The number of hydrogen-bond donors (Lipinski definition) is 2. The Bertz CT molecular complexity index is 789. The fourth-order valence-electron chi connectivity index (χ4n) is 3.59. The molecule has 0 saturated carbocycles. The number of amides is 2. The lowest BCUT2D eigenvalue weighted by atomic mass is 9.92. The number of primary amides is 1. The molecule has 26 heavy (non-hydrogen) atoms. The van der Waals surface area contributed by atoms with E-state index >= 15 is 0 Å². The molecule has 1 unspecified atom stereocenters. The van der Waals surface area contributed by atoms with Crippen molar-refractivity contribution in [3.63, 3.8) is 0 Å². The summed E-state index contributed by atoms with van der Waals surface area (Å²) in [4.78, 5) is 25.7. The van der Waals surface area contributed by atoms with E-state index in [1.165, 1.54) is 16.4 Å². The summed E-state index contributed by atoms with van der Waals surface area (Å²) in [5, 5.41) is 3.00. The molecule has 2 saturated heterocycles. The zero-order valence-corrected chi connectivity index (χ0v) is 15.5. The van der Waals surface area contributed by atoms with Gasteiger partial charge in [-0.15, -0.1) is 0 Å². The monoisotopic (exact) mass is 384 g/mol. The molecule has 0 spiro atoms. The number of rotatable bonds is 5. The molecule has 2 amide bonds. The molecule has 10 heteroatoms. The first-order valence-corrected chi connectivity index (χ1v) is 10.2. The van der Waals surface area contributed by atoms with Gasteiger partial charge < -0.3 is 20.4 Å². The van der Waals surface area contributed by atoms with Gasteiger partial charge in [-0.3, -0.25) is 9.59 Å². The van der Waals surface area contributed by atoms with Crippen LogP contribution in [0.1, 0.15) is 36.7 Å². The lowest BCUT2D eigenvalue weighted by Crippen LogP contribution is -2.59. The summed E-state index contributed by atoms with van der Waals surface area (Å²) in [7, 11) is -3.86. The average molecular weight is 384 g/mol. The first kappa shape index (κ1) is 18.9. The lowest BCUT2D eigenvalue weighted by Gasteiger charge is -2.38. The van der Waals surface area contributed by atoms with Crippen molar-refractivity contribution in [2.45, 2.75) is 36.8 Å². The second-order valence-corrected chi connectivity index (χ2v) is 8.51. The molecule has 2 aliphatic rings. The Balaban J connectivity index is 1.67. The molecule has 1 atom stereocenters. The van der Waals surface area contributed by atoms with Gasteiger partial charge in [0, 0.05) is 26.2 Å². The molecule has 0 bridgehead atoms. The molecule has 0 aliphatic carbocycles. The van der Waals surface area contributed by atoms with Gasteiger partial charge in [0.2, 0.25) is 11.0 Å². The van der Waals surface area contributed by atoms with Crippen molar-refractivity contribution >= 4 is 21.8 Å². The van der Waals surface area contributed by atoms with Gasteiger partial charge in [0.25, 0.3) is 15.9 Å². The topological polar surface area (TPSA) is 126 Å². The SMILES string of the molecule is CCC1(C(=O)N2CCN(S(=O)(=O)c3ccc(C(N)=O)o3)CC2)CCCN1. The van der Waals surface area contributed by atoms with Crippen LogP contribution in [0.15, 0.2) is 21.6 Å². The maximum Gasteiger partial charge on any atom is 0.284 e. The van der Waals surface area contributed by atoms with E-state index in [9.17, 15) is 18.0 Å². The Hall–Kier alpha value is -1.91. The summed E-state index contributed by atoms with van der Waals surface area (Å²) in [6, 6.07) is 2.47. The molecular weight excluding hydrogens is 360 g/mol. The standard InChI is InChI=1S/C16H24N4O5S/c1-2-16(6-3-7-18-16)15(22)19-8-10-20(11-9-19)26(23,24)13-5-4-12(25-13)14(17)21/h4-5,18H,2-3,6-11H2,1H3,(H2,17,21). The third-order valence-corrected chi connectivity index (χ3v) is 6.97. The Morgan fingerprint density at radius 3 is 2.46 bits per heavy atom. The van der Waals surface area contributed by atoms with Crippen molar-refractivity contribution in [1.82, 2.24) is 14.5 Å². The molecule has 1 aromatic heterocycles. The zero-order chi connectivity index (χ0) is 18.9. The van der Waals surface area contributed by atoms with E-state index in [1.807, 2.05) is 6.92 Å². The maximum atomic E-state index is 12.9. The fraction of sp³-hybridized carbons (Fsp3) is 0.625. The summed E-state index contributed by atoms with van der Waals surface area (Å²) >= 11 is 0. The first-order valence-electron chi connectivity index (χ1n) is 8.74. The molecule has 0 radical (unpaired) electrons. The summed E-state index contributed by atoms with van der Waals surface area (Å²) in [6.45, 7) is 3.83. The van der Waals surface area contributed by atoms with Crippen molar-refractivity contribution in [3.05, 3.63) is 17.9 Å². The van der Waals surface area contributed by atoms with Crippen LogP contribution in [-0.4, -0.2) is 67.7 Å². The number of piperazine rings is 1. The van der Waals surface area contributed by atoms with Crippen molar-refractivity contribution in [2.75, 3.05) is 32.7 Å². The molecule has 144 valence electrons. The van der Waals surface area contributed by atoms with Crippen molar-refractivity contribution in [3.8, 4) is 0 Å². The van der Waals surface area contributed by atoms with Gasteiger partial charge >= 0.3 is 0 Å². The van der Waals surface area contributed by atoms with Crippen molar-refractivity contribution in [1.29, 1.82) is 0 Å². The number of furan rings is 1. The zero-order valence-electron chi connectivity index (χ0n) is 14.7. The fourth-order valence-corrected chi connectivity index (χ4v) is 4.93. The van der Waals surface area contributed by atoms with Crippen LogP contribution in [0.2, 0.25) is 0 Å². The smallest absolute Gasteiger partial charge is 0.284 e. The normalized spacial score (nSPS) is 24.7.